The number of aryl methyl sites for hydroxylation is 1. The second-order valence-electron chi connectivity index (χ2n) is 11.3. The number of nitrogens with two attached hydrogens (primary N) is 2. The molecule has 0 atom stereocenters. The quantitative estimate of drug-likeness (QED) is 0.163. The Labute approximate surface area is 284 Å². The molecule has 3 aromatic rings. The second-order valence-corrected chi connectivity index (χ2v) is 11.7. The van der Waals surface area contributed by atoms with E-state index in [0.29, 0.717) is 37.6 Å². The molecule has 0 spiro atoms. The van der Waals surface area contributed by atoms with Gasteiger partial charge >= 0.3 is 12.3 Å². The highest BCUT2D eigenvalue weighted by Gasteiger charge is 2.29. The number of carbonyl (C=O) groups is 4. The highest BCUT2D eigenvalue weighted by Crippen LogP contribution is 2.22. The van der Waals surface area contributed by atoms with Crippen LogP contribution >= 0.6 is 11.6 Å². The molecule has 16 nitrogen and oxygen atoms in total. The lowest BCUT2D eigenvalue weighted by molar-refractivity contribution is -0.667. The standard InChI is InChI=1S/C27H38ClN9O5.C2HF3O2/c1-7-36-18-13-16(41-6)9-10-17(18)37(15-19(38)31-11-8-12-35(5)26(40)42-27(2,3)4)20(36)14-32-25(39)21-23(29)34-24(30)22(28)33-21;3-2(4,5)1(6)7/h9-10,13H,7-8,11-12,14-15H2,1-6H3,(H5-,29,30,31,32,34,38,39);(H,6,7). The molecule has 0 aliphatic carbocycles. The Hall–Kier alpha value is -5.07. The number of fused-ring (bicyclic) bond motifs is 1. The lowest BCUT2D eigenvalue weighted by Gasteiger charge is -2.24. The molecule has 0 aliphatic rings. The molecule has 0 aliphatic heterocycles. The number of hydrogen-bond acceptors (Lipinski definition) is 11. The number of aromatic nitrogens is 4. The number of hydrogen-bond donors (Lipinski definition) is 4. The summed E-state index contributed by atoms with van der Waals surface area (Å²) in [5.74, 6) is -2.77. The minimum absolute atomic E-state index is 0.0153. The number of halogens is 4. The largest absolute Gasteiger partial charge is 0.542 e. The molecule has 1 aromatic carbocycles. The third-order valence-electron chi connectivity index (χ3n) is 6.46. The minimum Gasteiger partial charge on any atom is -0.542 e. The van der Waals surface area contributed by atoms with E-state index >= 15 is 0 Å². The number of imidazole rings is 1. The van der Waals surface area contributed by atoms with Gasteiger partial charge in [0.15, 0.2) is 40.1 Å². The molecule has 0 radical (unpaired) electrons. The van der Waals surface area contributed by atoms with Gasteiger partial charge in [-0.1, -0.05) is 11.6 Å². The molecular formula is C29H39ClF3N9O7. The molecule has 20 heteroatoms. The number of nitrogens with one attached hydrogen (secondary N) is 2. The van der Waals surface area contributed by atoms with Crippen LogP contribution < -0.4 is 36.5 Å². The average Bonchev–Trinajstić information content (AvgIpc) is 3.29. The number of benzene rings is 1. The molecular weight excluding hydrogens is 679 g/mol. The van der Waals surface area contributed by atoms with E-state index in [4.69, 9.17) is 42.4 Å². The third-order valence-corrected chi connectivity index (χ3v) is 6.74. The first kappa shape index (κ1) is 40.1. The van der Waals surface area contributed by atoms with Gasteiger partial charge in [-0.2, -0.15) is 13.2 Å². The number of amides is 3. The summed E-state index contributed by atoms with van der Waals surface area (Å²) in [5.41, 5.74) is 12.3. The Morgan fingerprint density at radius 3 is 2.29 bits per heavy atom. The lowest BCUT2D eigenvalue weighted by Crippen LogP contribution is -2.47. The number of methoxy groups -OCH3 is 1. The molecule has 2 heterocycles. The summed E-state index contributed by atoms with van der Waals surface area (Å²) < 4.78 is 46.1. The maximum absolute atomic E-state index is 13.0. The Bertz CT molecular complexity index is 1680. The molecule has 0 saturated carbocycles. The van der Waals surface area contributed by atoms with Crippen LogP contribution in [0.5, 0.6) is 5.75 Å². The summed E-state index contributed by atoms with van der Waals surface area (Å²) >= 11 is 5.95. The van der Waals surface area contributed by atoms with Crippen molar-refractivity contribution >= 4 is 58.1 Å². The van der Waals surface area contributed by atoms with E-state index in [1.165, 1.54) is 4.90 Å². The van der Waals surface area contributed by atoms with Crippen LogP contribution in [-0.4, -0.2) is 82.3 Å². The van der Waals surface area contributed by atoms with Gasteiger partial charge < -0.3 is 46.4 Å². The zero-order chi connectivity index (χ0) is 37.3. The summed E-state index contributed by atoms with van der Waals surface area (Å²) in [4.78, 5) is 56.2. The van der Waals surface area contributed by atoms with E-state index in [9.17, 15) is 27.6 Å². The molecule has 0 saturated heterocycles. The fourth-order valence-electron chi connectivity index (χ4n) is 4.24. The SMILES string of the molecule is CCn1c(CNC(=O)c2nc(Cl)c(N)nc2N)[n+](CC(=O)NCCCN(C)C(=O)OC(C)(C)C)c2ccc(OC)cc21.O=C([O-])C(F)(F)F. The van der Waals surface area contributed by atoms with Gasteiger partial charge in [0.05, 0.1) is 13.7 Å². The molecule has 49 heavy (non-hydrogen) atoms. The number of ether oxygens (including phenoxy) is 2. The van der Waals surface area contributed by atoms with Gasteiger partial charge in [0.2, 0.25) is 0 Å². The number of nitrogens with zero attached hydrogens (tertiary/aromatic N) is 5. The van der Waals surface area contributed by atoms with Crippen molar-refractivity contribution in [2.45, 2.75) is 65.5 Å². The molecule has 0 unspecified atom stereocenters. The van der Waals surface area contributed by atoms with E-state index in [0.717, 1.165) is 11.0 Å². The van der Waals surface area contributed by atoms with Crippen LogP contribution in [0.3, 0.4) is 0 Å². The first-order chi connectivity index (χ1) is 22.7. The molecule has 6 N–H and O–H groups in total. The number of nitrogen functional groups attached to an aromatic ring is 2. The van der Waals surface area contributed by atoms with Crippen LogP contribution in [0, 0.1) is 0 Å². The van der Waals surface area contributed by atoms with E-state index < -0.39 is 29.7 Å². The fourth-order valence-corrected chi connectivity index (χ4v) is 4.37. The first-order valence-corrected chi connectivity index (χ1v) is 15.0. The highest BCUT2D eigenvalue weighted by atomic mass is 35.5. The van der Waals surface area contributed by atoms with Crippen molar-refractivity contribution < 1.29 is 51.5 Å². The number of anilines is 2. The number of aliphatic carboxylic acids is 1. The van der Waals surface area contributed by atoms with Crippen LogP contribution in [0.25, 0.3) is 11.0 Å². The van der Waals surface area contributed by atoms with Crippen LogP contribution in [0.4, 0.5) is 29.6 Å². The minimum atomic E-state index is -5.19. The summed E-state index contributed by atoms with van der Waals surface area (Å²) in [6.07, 6.45) is -5.08. The van der Waals surface area contributed by atoms with Crippen LogP contribution in [0.1, 0.15) is 50.4 Å². The van der Waals surface area contributed by atoms with Gasteiger partial charge in [0.1, 0.15) is 23.9 Å². The molecule has 3 amide bonds. The monoisotopic (exact) mass is 717 g/mol. The fraction of sp³-hybridized carbons (Fsp3) is 0.483. The van der Waals surface area contributed by atoms with E-state index in [-0.39, 0.29) is 41.5 Å². The zero-order valence-electron chi connectivity index (χ0n) is 27.7. The normalized spacial score (nSPS) is 11.3. The van der Waals surface area contributed by atoms with Crippen molar-refractivity contribution in [2.24, 2.45) is 0 Å². The van der Waals surface area contributed by atoms with Crippen molar-refractivity contribution in [1.29, 1.82) is 0 Å². The maximum Gasteiger partial charge on any atom is 0.430 e. The van der Waals surface area contributed by atoms with Crippen molar-refractivity contribution in [3.8, 4) is 5.75 Å². The maximum atomic E-state index is 13.0. The van der Waals surface area contributed by atoms with Gasteiger partial charge in [-0.3, -0.25) is 9.59 Å². The van der Waals surface area contributed by atoms with Gasteiger partial charge in [0, 0.05) is 26.2 Å². The highest BCUT2D eigenvalue weighted by molar-refractivity contribution is 6.31. The summed E-state index contributed by atoms with van der Waals surface area (Å²) in [7, 11) is 3.23. The first-order valence-electron chi connectivity index (χ1n) is 14.6. The summed E-state index contributed by atoms with van der Waals surface area (Å²) in [6, 6.07) is 5.53. The predicted octanol–water partition coefficient (Wildman–Crippen LogP) is 1.17. The summed E-state index contributed by atoms with van der Waals surface area (Å²) in [6.45, 7) is 8.72. The van der Waals surface area contributed by atoms with Gasteiger partial charge in [-0.15, -0.1) is 0 Å². The Morgan fingerprint density at radius 2 is 1.73 bits per heavy atom. The number of alkyl halides is 3. The van der Waals surface area contributed by atoms with Crippen LogP contribution in [-0.2, 0) is 34.0 Å². The topological polar surface area (TPSA) is 224 Å². The Kier molecular flexibility index (Phi) is 13.8. The average molecular weight is 718 g/mol. The Morgan fingerprint density at radius 1 is 1.10 bits per heavy atom. The predicted molar refractivity (Wildman–Crippen MR) is 169 cm³/mol. The number of carbonyl (C=O) groups excluding carboxylic acids is 4. The van der Waals surface area contributed by atoms with Crippen molar-refractivity contribution in [3.05, 3.63) is 34.9 Å². The van der Waals surface area contributed by atoms with Crippen molar-refractivity contribution in [2.75, 3.05) is 38.7 Å². The molecule has 2 aromatic heterocycles. The molecule has 270 valence electrons. The van der Waals surface area contributed by atoms with Crippen molar-refractivity contribution in [1.82, 2.24) is 30.1 Å². The number of rotatable bonds is 11. The van der Waals surface area contributed by atoms with E-state index in [1.54, 1.807) is 41.0 Å². The zero-order valence-corrected chi connectivity index (χ0v) is 28.5. The molecule has 3 rings (SSSR count). The van der Waals surface area contributed by atoms with E-state index in [2.05, 4.69) is 20.6 Å². The van der Waals surface area contributed by atoms with E-state index in [1.807, 2.05) is 28.2 Å². The van der Waals surface area contributed by atoms with Gasteiger partial charge in [0.25, 0.3) is 17.6 Å². The number of carboxylic acids is 1. The second kappa shape index (κ2) is 16.8. The van der Waals surface area contributed by atoms with Gasteiger partial charge in [-0.25, -0.2) is 23.9 Å². The Balaban J connectivity index is 0.00000107. The smallest absolute Gasteiger partial charge is 0.430 e. The lowest BCUT2D eigenvalue weighted by atomic mass is 10.2. The van der Waals surface area contributed by atoms with Crippen LogP contribution in [0.15, 0.2) is 18.2 Å². The molecule has 0 fully saturated rings. The molecule has 0 bridgehead atoms. The number of carboxylic acid groups (broad SMARTS) is 1. The summed E-state index contributed by atoms with van der Waals surface area (Å²) in [5, 5.41) is 14.4. The van der Waals surface area contributed by atoms with Gasteiger partial charge in [-0.05, 0) is 46.2 Å². The van der Waals surface area contributed by atoms with Crippen LogP contribution in [0.2, 0.25) is 5.15 Å². The van der Waals surface area contributed by atoms with Crippen molar-refractivity contribution in [3.63, 3.8) is 0 Å². The third kappa shape index (κ3) is 11.5.